The lowest BCUT2D eigenvalue weighted by atomic mass is 10.2. The van der Waals surface area contributed by atoms with Crippen LogP contribution in [-0.2, 0) is 9.59 Å². The Morgan fingerprint density at radius 3 is 2.53 bits per heavy atom. The number of nitrogens with one attached hydrogen (secondary N) is 2. The molecule has 17 heavy (non-hydrogen) atoms. The molecule has 5 nitrogen and oxygen atoms in total. The average molecular weight is 241 g/mol. The Kier molecular flexibility index (Phi) is 6.62. The lowest BCUT2D eigenvalue weighted by Gasteiger charge is -2.12. The van der Waals surface area contributed by atoms with E-state index in [2.05, 4.69) is 10.6 Å². The van der Waals surface area contributed by atoms with E-state index in [0.717, 1.165) is 32.2 Å². The van der Waals surface area contributed by atoms with Gasteiger partial charge in [0.25, 0.3) is 0 Å². The van der Waals surface area contributed by atoms with Crippen molar-refractivity contribution in [1.82, 2.24) is 10.6 Å². The molecular formula is C12H23N3O2. The molecular weight excluding hydrogens is 218 g/mol. The van der Waals surface area contributed by atoms with Gasteiger partial charge in [-0.15, -0.1) is 0 Å². The lowest BCUT2D eigenvalue weighted by molar-refractivity contribution is -0.121. The van der Waals surface area contributed by atoms with Crippen molar-refractivity contribution in [3.05, 3.63) is 0 Å². The minimum Gasteiger partial charge on any atom is -0.370 e. The average Bonchev–Trinajstić information content (AvgIpc) is 2.75. The van der Waals surface area contributed by atoms with Gasteiger partial charge in [0.05, 0.1) is 6.54 Å². The molecule has 0 aromatic carbocycles. The Morgan fingerprint density at radius 2 is 1.88 bits per heavy atom. The first-order valence-corrected chi connectivity index (χ1v) is 6.47. The SMILES string of the molecule is NC(=O)CCCCNCC(=O)NC1CCCC1. The zero-order valence-corrected chi connectivity index (χ0v) is 10.3. The number of carbonyl (C=O) groups excluding carboxylic acids is 2. The van der Waals surface area contributed by atoms with Crippen LogP contribution < -0.4 is 16.4 Å². The fraction of sp³-hybridized carbons (Fsp3) is 0.833. The van der Waals surface area contributed by atoms with E-state index >= 15 is 0 Å². The fourth-order valence-corrected chi connectivity index (χ4v) is 2.10. The van der Waals surface area contributed by atoms with E-state index in [9.17, 15) is 9.59 Å². The van der Waals surface area contributed by atoms with Crippen LogP contribution in [0, 0.1) is 0 Å². The van der Waals surface area contributed by atoms with Gasteiger partial charge in [0.15, 0.2) is 0 Å². The molecule has 1 fully saturated rings. The first-order chi connectivity index (χ1) is 8.18. The molecule has 4 N–H and O–H groups in total. The number of nitrogens with two attached hydrogens (primary N) is 1. The van der Waals surface area contributed by atoms with Crippen LogP contribution in [0.1, 0.15) is 44.9 Å². The van der Waals surface area contributed by atoms with Crippen molar-refractivity contribution in [3.63, 3.8) is 0 Å². The number of rotatable bonds is 8. The number of hydrogen-bond donors (Lipinski definition) is 3. The third-order valence-corrected chi connectivity index (χ3v) is 3.03. The molecule has 98 valence electrons. The first-order valence-electron chi connectivity index (χ1n) is 6.47. The molecule has 2 amide bonds. The van der Waals surface area contributed by atoms with Crippen molar-refractivity contribution in [1.29, 1.82) is 0 Å². The van der Waals surface area contributed by atoms with Crippen molar-refractivity contribution >= 4 is 11.8 Å². The number of carbonyl (C=O) groups is 2. The maximum atomic E-state index is 11.5. The van der Waals surface area contributed by atoms with Crippen LogP contribution >= 0.6 is 0 Å². The third-order valence-electron chi connectivity index (χ3n) is 3.03. The second kappa shape index (κ2) is 8.06. The zero-order valence-electron chi connectivity index (χ0n) is 10.3. The summed E-state index contributed by atoms with van der Waals surface area (Å²) in [7, 11) is 0. The summed E-state index contributed by atoms with van der Waals surface area (Å²) in [5.74, 6) is -0.184. The highest BCUT2D eigenvalue weighted by Gasteiger charge is 2.16. The number of primary amides is 1. The number of hydrogen-bond acceptors (Lipinski definition) is 3. The molecule has 0 aromatic heterocycles. The van der Waals surface area contributed by atoms with Crippen LogP contribution in [0.3, 0.4) is 0 Å². The largest absolute Gasteiger partial charge is 0.370 e. The predicted molar refractivity (Wildman–Crippen MR) is 66.3 cm³/mol. The maximum Gasteiger partial charge on any atom is 0.234 e. The van der Waals surface area contributed by atoms with Crippen LogP contribution in [0.25, 0.3) is 0 Å². The molecule has 1 saturated carbocycles. The summed E-state index contributed by atoms with van der Waals surface area (Å²) in [6, 6.07) is 0.388. The van der Waals surface area contributed by atoms with Crippen LogP contribution in [-0.4, -0.2) is 30.9 Å². The van der Waals surface area contributed by atoms with Gasteiger partial charge in [-0.2, -0.15) is 0 Å². The molecule has 1 rings (SSSR count). The van der Waals surface area contributed by atoms with E-state index in [-0.39, 0.29) is 11.8 Å². The Balaban J connectivity index is 1.91. The molecule has 1 aliphatic rings. The topological polar surface area (TPSA) is 84.2 Å². The van der Waals surface area contributed by atoms with Crippen LogP contribution in [0.15, 0.2) is 0 Å². The smallest absolute Gasteiger partial charge is 0.234 e. The van der Waals surface area contributed by atoms with Crippen molar-refractivity contribution in [2.75, 3.05) is 13.1 Å². The van der Waals surface area contributed by atoms with E-state index in [4.69, 9.17) is 5.73 Å². The molecule has 0 saturated heterocycles. The summed E-state index contributed by atoms with van der Waals surface area (Å²) in [4.78, 5) is 22.0. The third kappa shape index (κ3) is 6.94. The van der Waals surface area contributed by atoms with Gasteiger partial charge in [-0.1, -0.05) is 12.8 Å². The van der Waals surface area contributed by atoms with Gasteiger partial charge in [-0.25, -0.2) is 0 Å². The molecule has 0 aromatic rings. The second-order valence-corrected chi connectivity index (χ2v) is 4.65. The molecule has 0 aliphatic heterocycles. The summed E-state index contributed by atoms with van der Waals surface area (Å²) in [5, 5.41) is 6.08. The molecule has 1 aliphatic carbocycles. The minimum absolute atomic E-state index is 0.0757. The molecule has 0 bridgehead atoms. The van der Waals surface area contributed by atoms with Crippen molar-refractivity contribution < 1.29 is 9.59 Å². The highest BCUT2D eigenvalue weighted by molar-refractivity contribution is 5.78. The quantitative estimate of drug-likeness (QED) is 0.534. The summed E-state index contributed by atoms with van der Waals surface area (Å²) in [6.07, 6.45) is 6.77. The minimum atomic E-state index is -0.260. The van der Waals surface area contributed by atoms with E-state index in [1.54, 1.807) is 0 Å². The van der Waals surface area contributed by atoms with Gasteiger partial charge < -0.3 is 16.4 Å². The molecule has 0 heterocycles. The van der Waals surface area contributed by atoms with Gasteiger partial charge in [0.1, 0.15) is 0 Å². The van der Waals surface area contributed by atoms with Crippen molar-refractivity contribution in [2.45, 2.75) is 51.0 Å². The van der Waals surface area contributed by atoms with Gasteiger partial charge in [-0.3, -0.25) is 9.59 Å². The molecule has 0 atom stereocenters. The second-order valence-electron chi connectivity index (χ2n) is 4.65. The van der Waals surface area contributed by atoms with E-state index in [1.807, 2.05) is 0 Å². The van der Waals surface area contributed by atoms with Gasteiger partial charge in [-0.05, 0) is 32.2 Å². The zero-order chi connectivity index (χ0) is 12.5. The van der Waals surface area contributed by atoms with Crippen LogP contribution in [0.2, 0.25) is 0 Å². The summed E-state index contributed by atoms with van der Waals surface area (Å²) in [5.41, 5.74) is 5.02. The molecule has 5 heteroatoms. The Morgan fingerprint density at radius 1 is 1.18 bits per heavy atom. The predicted octanol–water partition coefficient (Wildman–Crippen LogP) is 0.290. The number of amides is 2. The van der Waals surface area contributed by atoms with Crippen LogP contribution in [0.5, 0.6) is 0 Å². The first kappa shape index (κ1) is 14.0. The molecule has 0 spiro atoms. The van der Waals surface area contributed by atoms with Crippen LogP contribution in [0.4, 0.5) is 0 Å². The highest BCUT2D eigenvalue weighted by atomic mass is 16.2. The maximum absolute atomic E-state index is 11.5. The lowest BCUT2D eigenvalue weighted by Crippen LogP contribution is -2.39. The monoisotopic (exact) mass is 241 g/mol. The summed E-state index contributed by atoms with van der Waals surface area (Å²) < 4.78 is 0. The summed E-state index contributed by atoms with van der Waals surface area (Å²) in [6.45, 7) is 1.12. The Bertz CT molecular complexity index is 250. The molecule has 0 radical (unpaired) electrons. The van der Waals surface area contributed by atoms with Gasteiger partial charge >= 0.3 is 0 Å². The Labute approximate surface area is 103 Å². The van der Waals surface area contributed by atoms with E-state index < -0.39 is 0 Å². The standard InChI is InChI=1S/C12H23N3O2/c13-11(16)7-3-4-8-14-9-12(17)15-10-5-1-2-6-10/h10,14H,1-9H2,(H2,13,16)(H,15,17). The normalized spacial score (nSPS) is 16.0. The van der Waals surface area contributed by atoms with E-state index in [0.29, 0.717) is 19.0 Å². The van der Waals surface area contributed by atoms with Gasteiger partial charge in [0, 0.05) is 12.5 Å². The molecule has 0 unspecified atom stereocenters. The highest BCUT2D eigenvalue weighted by Crippen LogP contribution is 2.17. The fourth-order valence-electron chi connectivity index (χ4n) is 2.10. The summed E-state index contributed by atoms with van der Waals surface area (Å²) >= 11 is 0. The van der Waals surface area contributed by atoms with Gasteiger partial charge in [0.2, 0.25) is 11.8 Å². The number of unbranched alkanes of at least 4 members (excludes halogenated alkanes) is 1. The van der Waals surface area contributed by atoms with Crippen molar-refractivity contribution in [2.24, 2.45) is 5.73 Å². The Hall–Kier alpha value is -1.10. The van der Waals surface area contributed by atoms with Crippen molar-refractivity contribution in [3.8, 4) is 0 Å². The van der Waals surface area contributed by atoms with E-state index in [1.165, 1.54) is 12.8 Å².